The molecule has 5 nitrogen and oxygen atoms in total. The molecule has 0 N–H and O–H groups in total. The molecule has 1 heterocycles. The molecule has 0 spiro atoms. The predicted octanol–water partition coefficient (Wildman–Crippen LogP) is 7.23. The fraction of sp³-hybridized carbons (Fsp3) is 0.0667. The number of esters is 1. The van der Waals surface area contributed by atoms with Crippen LogP contribution in [-0.2, 0) is 11.3 Å². The first-order valence-corrected chi connectivity index (χ1v) is 12.3. The van der Waals surface area contributed by atoms with Gasteiger partial charge in [-0.15, -0.1) is 0 Å². The summed E-state index contributed by atoms with van der Waals surface area (Å²) in [7, 11) is 0. The van der Waals surface area contributed by atoms with Crippen LogP contribution < -0.4 is 4.74 Å². The first kappa shape index (κ1) is 23.6. The molecule has 0 saturated carbocycles. The van der Waals surface area contributed by atoms with Crippen LogP contribution in [0.15, 0.2) is 114 Å². The van der Waals surface area contributed by atoms with Crippen molar-refractivity contribution in [3.05, 3.63) is 131 Å². The Kier molecular flexibility index (Phi) is 7.24. The maximum Gasteiger partial charge on any atom is 0.343 e. The number of carbonyl (C=O) groups excluding carboxylic acids is 1. The highest BCUT2D eigenvalue weighted by atomic mass is 79.9. The van der Waals surface area contributed by atoms with Crippen molar-refractivity contribution in [3.63, 3.8) is 0 Å². The van der Waals surface area contributed by atoms with Crippen LogP contribution in [-0.4, -0.2) is 22.1 Å². The maximum absolute atomic E-state index is 12.9. The SMILES string of the molecule is O=C(OC(=Cc1nc2ccccc2n1CCOc1ccc(Br)cc1)c1ccccc1)c1ccccc1. The zero-order valence-corrected chi connectivity index (χ0v) is 21.0. The van der Waals surface area contributed by atoms with Crippen molar-refractivity contribution in [1.82, 2.24) is 9.55 Å². The Morgan fingerprint density at radius 2 is 1.44 bits per heavy atom. The number of hydrogen-bond donors (Lipinski definition) is 0. The molecule has 0 amide bonds. The largest absolute Gasteiger partial charge is 0.492 e. The van der Waals surface area contributed by atoms with Crippen molar-refractivity contribution in [2.45, 2.75) is 6.54 Å². The van der Waals surface area contributed by atoms with Gasteiger partial charge in [0.25, 0.3) is 0 Å². The van der Waals surface area contributed by atoms with E-state index in [1.165, 1.54) is 0 Å². The van der Waals surface area contributed by atoms with Gasteiger partial charge in [-0.3, -0.25) is 0 Å². The van der Waals surface area contributed by atoms with Crippen LogP contribution in [0.2, 0.25) is 0 Å². The molecule has 0 fully saturated rings. The van der Waals surface area contributed by atoms with Gasteiger partial charge >= 0.3 is 5.97 Å². The average Bonchev–Trinajstić information content (AvgIpc) is 3.27. The second-order valence-corrected chi connectivity index (χ2v) is 8.96. The summed E-state index contributed by atoms with van der Waals surface area (Å²) in [6.45, 7) is 1.02. The Balaban J connectivity index is 1.48. The monoisotopic (exact) mass is 538 g/mol. The topological polar surface area (TPSA) is 53.3 Å². The highest BCUT2D eigenvalue weighted by Gasteiger charge is 2.15. The fourth-order valence-electron chi connectivity index (χ4n) is 3.85. The number of rotatable bonds is 8. The predicted molar refractivity (Wildman–Crippen MR) is 146 cm³/mol. The lowest BCUT2D eigenvalue weighted by Crippen LogP contribution is -2.10. The maximum atomic E-state index is 12.9. The number of halogens is 1. The van der Waals surface area contributed by atoms with Gasteiger partial charge in [-0.05, 0) is 48.5 Å². The molecule has 178 valence electrons. The standard InChI is InChI=1S/C30H23BrN2O3/c31-24-15-17-25(18-16-24)35-20-19-33-27-14-8-7-13-26(27)32-29(33)21-28(22-9-3-1-4-10-22)36-30(34)23-11-5-2-6-12-23/h1-18,21H,19-20H2. The number of benzene rings is 4. The molecule has 0 aliphatic heterocycles. The highest BCUT2D eigenvalue weighted by Crippen LogP contribution is 2.24. The van der Waals surface area contributed by atoms with E-state index in [-0.39, 0.29) is 0 Å². The zero-order valence-electron chi connectivity index (χ0n) is 19.4. The molecule has 0 atom stereocenters. The molecule has 5 aromatic rings. The van der Waals surface area contributed by atoms with E-state index in [0.29, 0.717) is 30.3 Å². The molecule has 0 saturated heterocycles. The molecule has 0 bridgehead atoms. The molecule has 0 radical (unpaired) electrons. The molecule has 6 heteroatoms. The lowest BCUT2D eigenvalue weighted by atomic mass is 10.1. The third-order valence-corrected chi connectivity index (χ3v) is 6.14. The highest BCUT2D eigenvalue weighted by molar-refractivity contribution is 9.10. The number of hydrogen-bond acceptors (Lipinski definition) is 4. The van der Waals surface area contributed by atoms with E-state index in [1.807, 2.05) is 103 Å². The molecule has 0 aliphatic carbocycles. The number of carbonyl (C=O) groups is 1. The van der Waals surface area contributed by atoms with E-state index < -0.39 is 5.97 Å². The molecule has 4 aromatic carbocycles. The number of ether oxygens (including phenoxy) is 2. The number of nitrogens with zero attached hydrogens (tertiary/aromatic N) is 2. The Labute approximate surface area is 217 Å². The van der Waals surface area contributed by atoms with Gasteiger partial charge in [0, 0.05) is 16.1 Å². The van der Waals surface area contributed by atoms with Crippen LogP contribution in [0.1, 0.15) is 21.7 Å². The second kappa shape index (κ2) is 11.1. The van der Waals surface area contributed by atoms with E-state index in [0.717, 1.165) is 26.8 Å². The third kappa shape index (κ3) is 5.56. The summed E-state index contributed by atoms with van der Waals surface area (Å²) in [5, 5.41) is 0. The second-order valence-electron chi connectivity index (χ2n) is 8.04. The first-order chi connectivity index (χ1) is 17.7. The summed E-state index contributed by atoms with van der Waals surface area (Å²) in [5.41, 5.74) is 3.10. The number of imidazole rings is 1. The van der Waals surface area contributed by atoms with Crippen molar-refractivity contribution in [2.75, 3.05) is 6.61 Å². The summed E-state index contributed by atoms with van der Waals surface area (Å²) in [6, 6.07) is 34.2. The molecule has 36 heavy (non-hydrogen) atoms. The average molecular weight is 539 g/mol. The molecule has 1 aromatic heterocycles. The smallest absolute Gasteiger partial charge is 0.343 e. The van der Waals surface area contributed by atoms with Gasteiger partial charge in [0.1, 0.15) is 23.9 Å². The van der Waals surface area contributed by atoms with E-state index in [2.05, 4.69) is 20.5 Å². The number of para-hydroxylation sites is 2. The van der Waals surface area contributed by atoms with Crippen LogP contribution in [0.25, 0.3) is 22.9 Å². The van der Waals surface area contributed by atoms with Gasteiger partial charge < -0.3 is 14.0 Å². The normalized spacial score (nSPS) is 11.4. The lowest BCUT2D eigenvalue weighted by Gasteiger charge is -2.12. The first-order valence-electron chi connectivity index (χ1n) is 11.6. The molecular formula is C30H23BrN2O3. The summed E-state index contributed by atoms with van der Waals surface area (Å²) < 4.78 is 14.9. The van der Waals surface area contributed by atoms with Crippen LogP contribution >= 0.6 is 15.9 Å². The Morgan fingerprint density at radius 3 is 2.17 bits per heavy atom. The van der Waals surface area contributed by atoms with Crippen molar-refractivity contribution in [3.8, 4) is 5.75 Å². The van der Waals surface area contributed by atoms with Gasteiger partial charge in [-0.1, -0.05) is 76.6 Å². The van der Waals surface area contributed by atoms with E-state index in [4.69, 9.17) is 14.5 Å². The summed E-state index contributed by atoms with van der Waals surface area (Å²) >= 11 is 3.45. The molecule has 0 unspecified atom stereocenters. The fourth-order valence-corrected chi connectivity index (χ4v) is 4.11. The van der Waals surface area contributed by atoms with E-state index in [9.17, 15) is 4.79 Å². The minimum atomic E-state index is -0.424. The Morgan fingerprint density at radius 1 is 0.806 bits per heavy atom. The lowest BCUT2D eigenvalue weighted by molar-refractivity contribution is 0.0693. The van der Waals surface area contributed by atoms with E-state index in [1.54, 1.807) is 12.1 Å². The summed E-state index contributed by atoms with van der Waals surface area (Å²) in [5.74, 6) is 1.47. The molecular weight excluding hydrogens is 516 g/mol. The zero-order chi connectivity index (χ0) is 24.7. The van der Waals surface area contributed by atoms with Crippen molar-refractivity contribution < 1.29 is 14.3 Å². The summed E-state index contributed by atoms with van der Waals surface area (Å²) in [6.07, 6.45) is 1.82. The molecule has 0 aliphatic rings. The molecule has 5 rings (SSSR count). The minimum absolute atomic E-state index is 0.424. The van der Waals surface area contributed by atoms with Gasteiger partial charge in [0.2, 0.25) is 0 Å². The quantitative estimate of drug-likeness (QED) is 0.154. The van der Waals surface area contributed by atoms with Crippen LogP contribution in [0.5, 0.6) is 5.75 Å². The van der Waals surface area contributed by atoms with Crippen molar-refractivity contribution in [2.24, 2.45) is 0 Å². The van der Waals surface area contributed by atoms with Gasteiger partial charge in [0.05, 0.1) is 23.1 Å². The number of fused-ring (bicyclic) bond motifs is 1. The van der Waals surface area contributed by atoms with Gasteiger partial charge in [-0.2, -0.15) is 0 Å². The van der Waals surface area contributed by atoms with Crippen molar-refractivity contribution in [1.29, 1.82) is 0 Å². The minimum Gasteiger partial charge on any atom is -0.492 e. The third-order valence-electron chi connectivity index (χ3n) is 5.61. The van der Waals surface area contributed by atoms with Gasteiger partial charge in [-0.25, -0.2) is 9.78 Å². The Hall–Kier alpha value is -4.16. The Bertz CT molecular complexity index is 1490. The summed E-state index contributed by atoms with van der Waals surface area (Å²) in [4.78, 5) is 17.7. The van der Waals surface area contributed by atoms with Crippen molar-refractivity contribution >= 4 is 44.8 Å². The van der Waals surface area contributed by atoms with Crippen LogP contribution in [0.4, 0.5) is 0 Å². The number of aromatic nitrogens is 2. The van der Waals surface area contributed by atoms with Crippen LogP contribution in [0, 0.1) is 0 Å². The van der Waals surface area contributed by atoms with E-state index >= 15 is 0 Å². The van der Waals surface area contributed by atoms with Crippen LogP contribution in [0.3, 0.4) is 0 Å². The van der Waals surface area contributed by atoms with Gasteiger partial charge in [0.15, 0.2) is 0 Å².